The molecule has 2 aromatic rings. The van der Waals surface area contributed by atoms with E-state index in [0.29, 0.717) is 39.0 Å². The number of benzene rings is 1. The Kier molecular flexibility index (Phi) is 7.07. The van der Waals surface area contributed by atoms with E-state index in [0.717, 1.165) is 25.4 Å². The second-order valence-electron chi connectivity index (χ2n) is 8.32. The van der Waals surface area contributed by atoms with Crippen molar-refractivity contribution in [2.45, 2.75) is 24.3 Å². The Morgan fingerprint density at radius 1 is 1.03 bits per heavy atom. The van der Waals surface area contributed by atoms with Crippen LogP contribution in [0.1, 0.15) is 18.4 Å². The van der Waals surface area contributed by atoms with Crippen molar-refractivity contribution in [2.75, 3.05) is 46.4 Å². The monoisotopic (exact) mass is 458 g/mol. The first kappa shape index (κ1) is 22.7. The van der Waals surface area contributed by atoms with Gasteiger partial charge >= 0.3 is 0 Å². The van der Waals surface area contributed by atoms with Crippen LogP contribution >= 0.6 is 0 Å². The molecule has 0 aliphatic carbocycles. The fourth-order valence-electron chi connectivity index (χ4n) is 4.37. The third kappa shape index (κ3) is 5.11. The van der Waals surface area contributed by atoms with E-state index in [2.05, 4.69) is 22.0 Å². The Bertz CT molecular complexity index is 998. The molecule has 3 heterocycles. The highest BCUT2D eigenvalue weighted by molar-refractivity contribution is 7.89. The predicted octanol–water partition coefficient (Wildman–Crippen LogP) is 1.84. The van der Waals surface area contributed by atoms with E-state index in [4.69, 9.17) is 4.74 Å². The molecule has 0 radical (unpaired) electrons. The summed E-state index contributed by atoms with van der Waals surface area (Å²) < 4.78 is 32.2. The Hall–Kier alpha value is -2.49. The number of carbonyl (C=O) groups is 1. The highest BCUT2D eigenvalue weighted by atomic mass is 32.2. The number of ether oxygens (including phenoxy) is 1. The molecule has 0 bridgehead atoms. The number of carbonyl (C=O) groups excluding carboxylic acids is 1. The maximum absolute atomic E-state index is 13.0. The minimum Gasteiger partial charge on any atom is -0.497 e. The molecule has 0 N–H and O–H groups in total. The molecular formula is C23H30N4O4S. The highest BCUT2D eigenvalue weighted by Gasteiger charge is 2.34. The normalized spacial score (nSPS) is 19.1. The Labute approximate surface area is 189 Å². The number of nitrogens with zero attached hydrogens (tertiary/aromatic N) is 4. The summed E-state index contributed by atoms with van der Waals surface area (Å²) in [6, 6.07) is 11.3. The molecule has 2 aliphatic heterocycles. The molecule has 1 aromatic heterocycles. The molecule has 0 spiro atoms. The summed E-state index contributed by atoms with van der Waals surface area (Å²) in [6.45, 7) is 4.69. The van der Waals surface area contributed by atoms with E-state index in [-0.39, 0.29) is 16.7 Å². The van der Waals surface area contributed by atoms with Gasteiger partial charge in [0, 0.05) is 64.1 Å². The van der Waals surface area contributed by atoms with Gasteiger partial charge in [0.1, 0.15) is 10.6 Å². The van der Waals surface area contributed by atoms with Crippen molar-refractivity contribution in [3.05, 3.63) is 54.4 Å². The van der Waals surface area contributed by atoms with Crippen molar-refractivity contribution < 1.29 is 17.9 Å². The number of hydrogen-bond acceptors (Lipinski definition) is 6. The van der Waals surface area contributed by atoms with Crippen LogP contribution in [0.15, 0.2) is 53.7 Å². The van der Waals surface area contributed by atoms with Crippen LogP contribution in [-0.2, 0) is 21.4 Å². The first-order chi connectivity index (χ1) is 15.5. The first-order valence-electron chi connectivity index (χ1n) is 11.0. The van der Waals surface area contributed by atoms with Gasteiger partial charge in [-0.05, 0) is 42.7 Å². The number of rotatable bonds is 6. The van der Waals surface area contributed by atoms with Gasteiger partial charge in [-0.2, -0.15) is 4.31 Å². The third-order valence-corrected chi connectivity index (χ3v) is 8.21. The van der Waals surface area contributed by atoms with Gasteiger partial charge in [-0.3, -0.25) is 14.7 Å². The molecular weight excluding hydrogens is 428 g/mol. The first-order valence-corrected chi connectivity index (χ1v) is 12.5. The van der Waals surface area contributed by atoms with E-state index in [1.54, 1.807) is 25.4 Å². The van der Waals surface area contributed by atoms with E-state index in [9.17, 15) is 13.2 Å². The molecule has 172 valence electrons. The number of hydrogen-bond donors (Lipinski definition) is 0. The zero-order chi connectivity index (χ0) is 22.6. The van der Waals surface area contributed by atoms with Gasteiger partial charge < -0.3 is 9.64 Å². The summed E-state index contributed by atoms with van der Waals surface area (Å²) in [7, 11) is -1.88. The lowest BCUT2D eigenvalue weighted by molar-refractivity contribution is -0.138. The molecule has 8 nitrogen and oxygen atoms in total. The van der Waals surface area contributed by atoms with Crippen molar-refractivity contribution in [1.82, 2.24) is 19.1 Å². The van der Waals surface area contributed by atoms with E-state index in [1.165, 1.54) is 16.1 Å². The second kappa shape index (κ2) is 9.97. The van der Waals surface area contributed by atoms with Gasteiger partial charge in [0.25, 0.3) is 0 Å². The summed E-state index contributed by atoms with van der Waals surface area (Å²) in [5.41, 5.74) is 1.23. The molecule has 32 heavy (non-hydrogen) atoms. The van der Waals surface area contributed by atoms with Crippen molar-refractivity contribution in [2.24, 2.45) is 5.92 Å². The quantitative estimate of drug-likeness (QED) is 0.657. The largest absolute Gasteiger partial charge is 0.497 e. The summed E-state index contributed by atoms with van der Waals surface area (Å²) in [6.07, 6.45) is 4.05. The van der Waals surface area contributed by atoms with Crippen molar-refractivity contribution >= 4 is 15.9 Å². The molecule has 9 heteroatoms. The van der Waals surface area contributed by atoms with E-state index < -0.39 is 10.0 Å². The molecule has 0 unspecified atom stereocenters. The molecule has 2 saturated heterocycles. The number of pyridine rings is 1. The molecule has 0 atom stereocenters. The van der Waals surface area contributed by atoms with Gasteiger partial charge in [-0.25, -0.2) is 8.42 Å². The van der Waals surface area contributed by atoms with Crippen LogP contribution < -0.4 is 4.74 Å². The Morgan fingerprint density at radius 3 is 2.31 bits per heavy atom. The van der Waals surface area contributed by atoms with Gasteiger partial charge in [0.05, 0.1) is 7.11 Å². The maximum atomic E-state index is 13.0. The third-order valence-electron chi connectivity index (χ3n) is 6.32. The molecule has 1 amide bonds. The minimum atomic E-state index is -3.55. The summed E-state index contributed by atoms with van der Waals surface area (Å²) >= 11 is 0. The minimum absolute atomic E-state index is 0.108. The van der Waals surface area contributed by atoms with E-state index >= 15 is 0 Å². The Morgan fingerprint density at radius 2 is 1.72 bits per heavy atom. The molecule has 4 rings (SSSR count). The van der Waals surface area contributed by atoms with Crippen LogP contribution in [-0.4, -0.2) is 79.8 Å². The van der Waals surface area contributed by atoms with E-state index in [1.807, 2.05) is 17.0 Å². The van der Waals surface area contributed by atoms with Crippen LogP contribution in [0.3, 0.4) is 0 Å². The Balaban J connectivity index is 1.25. The summed E-state index contributed by atoms with van der Waals surface area (Å²) in [5, 5.41) is 0. The number of aromatic nitrogens is 1. The fraction of sp³-hybridized carbons (Fsp3) is 0.478. The number of sulfonamides is 1. The molecule has 2 aliphatic rings. The zero-order valence-corrected chi connectivity index (χ0v) is 19.2. The van der Waals surface area contributed by atoms with Crippen molar-refractivity contribution in [1.29, 1.82) is 0 Å². The number of amides is 1. The van der Waals surface area contributed by atoms with Crippen LogP contribution in [0.5, 0.6) is 5.75 Å². The lowest BCUT2D eigenvalue weighted by Gasteiger charge is -2.38. The highest BCUT2D eigenvalue weighted by Crippen LogP contribution is 2.25. The van der Waals surface area contributed by atoms with Gasteiger partial charge in [0.15, 0.2) is 0 Å². The lowest BCUT2D eigenvalue weighted by Crippen LogP contribution is -2.51. The molecule has 1 aromatic carbocycles. The van der Waals surface area contributed by atoms with Crippen LogP contribution in [0.4, 0.5) is 0 Å². The van der Waals surface area contributed by atoms with Crippen LogP contribution in [0.2, 0.25) is 0 Å². The van der Waals surface area contributed by atoms with Gasteiger partial charge in [-0.15, -0.1) is 0 Å². The zero-order valence-electron chi connectivity index (χ0n) is 18.4. The SMILES string of the molecule is COc1ccc(CN2CCN(C(=O)C3CCN(S(=O)(=O)c4cccnc4)CC3)CC2)cc1. The average molecular weight is 459 g/mol. The summed E-state index contributed by atoms with van der Waals surface area (Å²) in [4.78, 5) is 21.5. The smallest absolute Gasteiger partial charge is 0.244 e. The number of methoxy groups -OCH3 is 1. The van der Waals surface area contributed by atoms with Gasteiger partial charge in [0.2, 0.25) is 15.9 Å². The predicted molar refractivity (Wildman–Crippen MR) is 121 cm³/mol. The topological polar surface area (TPSA) is 83.0 Å². The summed E-state index contributed by atoms with van der Waals surface area (Å²) in [5.74, 6) is 0.902. The van der Waals surface area contributed by atoms with Crippen molar-refractivity contribution in [3.63, 3.8) is 0 Å². The van der Waals surface area contributed by atoms with Gasteiger partial charge in [-0.1, -0.05) is 12.1 Å². The molecule has 2 fully saturated rings. The van der Waals surface area contributed by atoms with Crippen LogP contribution in [0.25, 0.3) is 0 Å². The van der Waals surface area contributed by atoms with Crippen molar-refractivity contribution in [3.8, 4) is 5.75 Å². The standard InChI is InChI=1S/C23H30N4O4S/c1-31-21-6-4-19(5-7-21)18-25-13-15-26(16-14-25)23(28)20-8-11-27(12-9-20)32(29,30)22-3-2-10-24-17-22/h2-7,10,17,20H,8-9,11-16,18H2,1H3. The second-order valence-corrected chi connectivity index (χ2v) is 10.3. The number of piperidine rings is 1. The average Bonchev–Trinajstić information content (AvgIpc) is 2.85. The fourth-order valence-corrected chi connectivity index (χ4v) is 5.80. The number of piperazine rings is 1. The molecule has 0 saturated carbocycles. The van der Waals surface area contributed by atoms with Crippen LogP contribution in [0, 0.1) is 5.92 Å². The lowest BCUT2D eigenvalue weighted by atomic mass is 9.96. The maximum Gasteiger partial charge on any atom is 0.244 e.